The number of rotatable bonds is 5. The van der Waals surface area contributed by atoms with Crippen molar-refractivity contribution in [3.8, 4) is 5.75 Å². The van der Waals surface area contributed by atoms with Gasteiger partial charge < -0.3 is 9.47 Å². The molecule has 0 radical (unpaired) electrons. The normalized spacial score (nSPS) is 11.6. The molecule has 0 aromatic heterocycles. The molecule has 96 valence electrons. The van der Waals surface area contributed by atoms with Crippen LogP contribution in [-0.4, -0.2) is 20.3 Å². The van der Waals surface area contributed by atoms with E-state index in [1.807, 2.05) is 0 Å². The van der Waals surface area contributed by atoms with Gasteiger partial charge in [-0.25, -0.2) is 0 Å². The van der Waals surface area contributed by atoms with Crippen LogP contribution in [0.15, 0.2) is 18.2 Å². The number of ether oxygens (including phenoxy) is 2. The number of hydrogen-bond donors (Lipinski definition) is 0. The lowest BCUT2D eigenvalue weighted by atomic mass is 10.1. The van der Waals surface area contributed by atoms with E-state index in [0.717, 1.165) is 0 Å². The largest absolute Gasteiger partial charge is 0.491 e. The predicted octanol–water partition coefficient (Wildman–Crippen LogP) is 3.63. The molecule has 0 amide bonds. The molecule has 1 aromatic rings. The molecule has 0 unspecified atom stereocenters. The maximum Gasteiger partial charge on any atom is 0.420 e. The summed E-state index contributed by atoms with van der Waals surface area (Å²) in [5, 5.41) is 0.128. The number of hydrogen-bond acceptors (Lipinski definition) is 2. The van der Waals surface area contributed by atoms with Crippen LogP contribution in [0.25, 0.3) is 0 Å². The Morgan fingerprint density at radius 1 is 1.24 bits per heavy atom. The number of methoxy groups -OCH3 is 1. The molecule has 1 rings (SSSR count). The first-order valence-electron chi connectivity index (χ1n) is 4.87. The molecule has 0 bridgehead atoms. The summed E-state index contributed by atoms with van der Waals surface area (Å²) in [5.41, 5.74) is -0.569. The average Bonchev–Trinajstić information content (AvgIpc) is 2.27. The minimum atomic E-state index is -4.42. The standard InChI is InChI=1S/C11H12BrF3O2/c1-16-5-6-17-9-4-2-3-8(7-12)10(9)11(13,14)15/h2-4H,5-7H2,1H3. The quantitative estimate of drug-likeness (QED) is 0.610. The monoisotopic (exact) mass is 312 g/mol. The highest BCUT2D eigenvalue weighted by atomic mass is 79.9. The molecule has 1 aromatic carbocycles. The van der Waals surface area contributed by atoms with Crippen molar-refractivity contribution in [1.29, 1.82) is 0 Å². The van der Waals surface area contributed by atoms with E-state index in [-0.39, 0.29) is 29.9 Å². The van der Waals surface area contributed by atoms with Crippen LogP contribution in [0, 0.1) is 0 Å². The van der Waals surface area contributed by atoms with E-state index in [4.69, 9.17) is 9.47 Å². The minimum absolute atomic E-state index is 0.0886. The van der Waals surface area contributed by atoms with Crippen molar-refractivity contribution in [3.63, 3.8) is 0 Å². The summed E-state index contributed by atoms with van der Waals surface area (Å²) >= 11 is 3.04. The maximum absolute atomic E-state index is 12.9. The molecule has 0 spiro atoms. The number of benzene rings is 1. The fourth-order valence-corrected chi connectivity index (χ4v) is 1.83. The van der Waals surface area contributed by atoms with Crippen molar-refractivity contribution in [2.75, 3.05) is 20.3 Å². The molecule has 0 atom stereocenters. The van der Waals surface area contributed by atoms with Gasteiger partial charge in [-0.3, -0.25) is 0 Å². The fraction of sp³-hybridized carbons (Fsp3) is 0.455. The van der Waals surface area contributed by atoms with Crippen molar-refractivity contribution in [3.05, 3.63) is 29.3 Å². The summed E-state index contributed by atoms with van der Waals surface area (Å²) < 4.78 is 48.4. The van der Waals surface area contributed by atoms with Crippen molar-refractivity contribution in [2.24, 2.45) is 0 Å². The van der Waals surface area contributed by atoms with Crippen LogP contribution in [0.5, 0.6) is 5.75 Å². The van der Waals surface area contributed by atoms with Crippen molar-refractivity contribution >= 4 is 15.9 Å². The lowest BCUT2D eigenvalue weighted by Crippen LogP contribution is -2.13. The van der Waals surface area contributed by atoms with E-state index in [1.165, 1.54) is 25.3 Å². The van der Waals surface area contributed by atoms with Crippen LogP contribution in [0.3, 0.4) is 0 Å². The van der Waals surface area contributed by atoms with Crippen LogP contribution in [0.2, 0.25) is 0 Å². The molecule has 0 N–H and O–H groups in total. The Bertz CT molecular complexity index is 366. The molecule has 0 saturated carbocycles. The van der Waals surface area contributed by atoms with Gasteiger partial charge in [0.1, 0.15) is 17.9 Å². The zero-order valence-electron chi connectivity index (χ0n) is 9.18. The molecule has 0 fully saturated rings. The maximum atomic E-state index is 12.9. The van der Waals surface area contributed by atoms with Gasteiger partial charge in [-0.2, -0.15) is 13.2 Å². The zero-order valence-corrected chi connectivity index (χ0v) is 10.8. The van der Waals surface area contributed by atoms with Gasteiger partial charge in [0.2, 0.25) is 0 Å². The highest BCUT2D eigenvalue weighted by molar-refractivity contribution is 9.08. The molecule has 0 aliphatic carbocycles. The molecule has 2 nitrogen and oxygen atoms in total. The Morgan fingerprint density at radius 3 is 2.47 bits per heavy atom. The Balaban J connectivity index is 3.02. The zero-order chi connectivity index (χ0) is 12.9. The lowest BCUT2D eigenvalue weighted by Gasteiger charge is -2.16. The SMILES string of the molecule is COCCOc1cccc(CBr)c1C(F)(F)F. The minimum Gasteiger partial charge on any atom is -0.491 e. The highest BCUT2D eigenvalue weighted by Gasteiger charge is 2.36. The van der Waals surface area contributed by atoms with Gasteiger partial charge in [0, 0.05) is 12.4 Å². The lowest BCUT2D eigenvalue weighted by molar-refractivity contribution is -0.139. The van der Waals surface area contributed by atoms with E-state index in [1.54, 1.807) is 0 Å². The van der Waals surface area contributed by atoms with E-state index in [9.17, 15) is 13.2 Å². The van der Waals surface area contributed by atoms with E-state index < -0.39 is 11.7 Å². The third kappa shape index (κ3) is 3.89. The van der Waals surface area contributed by atoms with E-state index >= 15 is 0 Å². The first kappa shape index (κ1) is 14.3. The molecule has 0 aliphatic rings. The first-order chi connectivity index (χ1) is 8.00. The Morgan fingerprint density at radius 2 is 1.94 bits per heavy atom. The summed E-state index contributed by atoms with van der Waals surface area (Å²) in [6.07, 6.45) is -4.42. The summed E-state index contributed by atoms with van der Waals surface area (Å²) in [6.45, 7) is 0.334. The second kappa shape index (κ2) is 6.26. The topological polar surface area (TPSA) is 18.5 Å². The fourth-order valence-electron chi connectivity index (χ4n) is 1.36. The van der Waals surface area contributed by atoms with Gasteiger partial charge in [-0.15, -0.1) is 0 Å². The van der Waals surface area contributed by atoms with Crippen LogP contribution in [-0.2, 0) is 16.2 Å². The van der Waals surface area contributed by atoms with Crippen LogP contribution in [0.4, 0.5) is 13.2 Å². The van der Waals surface area contributed by atoms with Gasteiger partial charge >= 0.3 is 6.18 Å². The molecular formula is C11H12BrF3O2. The summed E-state index contributed by atoms with van der Waals surface area (Å²) in [4.78, 5) is 0. The van der Waals surface area contributed by atoms with E-state index in [2.05, 4.69) is 15.9 Å². The van der Waals surface area contributed by atoms with Crippen LogP contribution >= 0.6 is 15.9 Å². The van der Waals surface area contributed by atoms with Gasteiger partial charge in [0.15, 0.2) is 0 Å². The Kier molecular flexibility index (Phi) is 5.27. The summed E-state index contributed by atoms with van der Waals surface area (Å²) in [7, 11) is 1.46. The number of alkyl halides is 4. The molecule has 0 heterocycles. The molecule has 6 heteroatoms. The van der Waals surface area contributed by atoms with E-state index in [0.29, 0.717) is 0 Å². The molecule has 0 saturated heterocycles. The average molecular weight is 313 g/mol. The highest BCUT2D eigenvalue weighted by Crippen LogP contribution is 2.39. The molecular weight excluding hydrogens is 301 g/mol. The summed E-state index contributed by atoms with van der Waals surface area (Å²) in [6, 6.07) is 4.26. The first-order valence-corrected chi connectivity index (χ1v) is 5.99. The van der Waals surface area contributed by atoms with Crippen LogP contribution < -0.4 is 4.74 Å². The van der Waals surface area contributed by atoms with Crippen molar-refractivity contribution < 1.29 is 22.6 Å². The summed E-state index contributed by atoms with van der Waals surface area (Å²) in [5.74, 6) is -0.161. The predicted molar refractivity (Wildman–Crippen MR) is 61.4 cm³/mol. The third-order valence-electron chi connectivity index (χ3n) is 2.08. The molecule has 17 heavy (non-hydrogen) atoms. The van der Waals surface area contributed by atoms with Crippen LogP contribution in [0.1, 0.15) is 11.1 Å². The smallest absolute Gasteiger partial charge is 0.420 e. The second-order valence-electron chi connectivity index (χ2n) is 3.26. The Labute approximate surface area is 106 Å². The molecule has 0 aliphatic heterocycles. The van der Waals surface area contributed by atoms with Gasteiger partial charge in [0.05, 0.1) is 6.61 Å². The Hall–Kier alpha value is -0.750. The van der Waals surface area contributed by atoms with Crippen molar-refractivity contribution in [1.82, 2.24) is 0 Å². The van der Waals surface area contributed by atoms with Gasteiger partial charge in [-0.1, -0.05) is 28.1 Å². The third-order valence-corrected chi connectivity index (χ3v) is 2.69. The van der Waals surface area contributed by atoms with Gasteiger partial charge in [-0.05, 0) is 11.6 Å². The van der Waals surface area contributed by atoms with Gasteiger partial charge in [0.25, 0.3) is 0 Å². The second-order valence-corrected chi connectivity index (χ2v) is 3.82. The number of halogens is 4. The van der Waals surface area contributed by atoms with Crippen molar-refractivity contribution in [2.45, 2.75) is 11.5 Å².